The summed E-state index contributed by atoms with van der Waals surface area (Å²) >= 11 is 0. The Morgan fingerprint density at radius 3 is 2.89 bits per heavy atom. The first-order chi connectivity index (χ1) is 8.54. The fourth-order valence-corrected chi connectivity index (χ4v) is 1.64. The summed E-state index contributed by atoms with van der Waals surface area (Å²) in [5, 5.41) is 21.1. The number of hydrogen-bond acceptors (Lipinski definition) is 8. The van der Waals surface area contributed by atoms with Crippen LogP contribution in [0.2, 0.25) is 0 Å². The van der Waals surface area contributed by atoms with Crippen LogP contribution in [0.4, 0.5) is 11.6 Å². The lowest BCUT2D eigenvalue weighted by Crippen LogP contribution is -2.32. The van der Waals surface area contributed by atoms with Crippen LogP contribution in [0.1, 0.15) is 5.56 Å². The number of anilines is 2. The average Bonchev–Trinajstić information content (AvgIpc) is 2.63. The van der Waals surface area contributed by atoms with Gasteiger partial charge in [0.2, 0.25) is 5.78 Å². The molecule has 2 heterocycles. The van der Waals surface area contributed by atoms with Gasteiger partial charge in [0.25, 0.3) is 0 Å². The molecule has 3 atom stereocenters. The van der Waals surface area contributed by atoms with Crippen LogP contribution in [0.3, 0.4) is 0 Å². The number of nitrogens with one attached hydrogen (secondary N) is 1. The second-order valence-corrected chi connectivity index (χ2v) is 3.96. The third-order valence-electron chi connectivity index (χ3n) is 2.78. The van der Waals surface area contributed by atoms with Crippen molar-refractivity contribution in [1.29, 1.82) is 0 Å². The molecule has 8 heteroatoms. The van der Waals surface area contributed by atoms with E-state index in [9.17, 15) is 9.90 Å². The van der Waals surface area contributed by atoms with E-state index in [-0.39, 0.29) is 5.82 Å². The Morgan fingerprint density at radius 1 is 1.56 bits per heavy atom. The Morgan fingerprint density at radius 2 is 2.28 bits per heavy atom. The molecule has 1 fully saturated rings. The predicted octanol–water partition coefficient (Wildman–Crippen LogP) is -1.57. The molecule has 1 aliphatic heterocycles. The fraction of sp³-hybridized carbons (Fsp3) is 0.500. The Kier molecular flexibility index (Phi) is 3.41. The number of nitrogens with zero attached hydrogens (tertiary/aromatic N) is 2. The normalized spacial score (nSPS) is 27.5. The molecule has 0 aliphatic carbocycles. The SMILES string of the molecule is Cc1c(N)ncnc1NC1O[C@H](CO)[C@@H](O)C1=O. The number of hydrogen-bond donors (Lipinski definition) is 4. The van der Waals surface area contributed by atoms with Crippen LogP contribution in [0.5, 0.6) is 0 Å². The number of carbonyl (C=O) groups excluding carboxylic acids is 1. The first kappa shape index (κ1) is 12.7. The van der Waals surface area contributed by atoms with E-state index in [0.29, 0.717) is 11.4 Å². The zero-order valence-corrected chi connectivity index (χ0v) is 9.70. The van der Waals surface area contributed by atoms with E-state index in [1.807, 2.05) is 0 Å². The molecule has 0 amide bonds. The molecule has 5 N–H and O–H groups in total. The molecule has 0 bridgehead atoms. The highest BCUT2D eigenvalue weighted by molar-refractivity contribution is 5.91. The molecular formula is C10H14N4O4. The summed E-state index contributed by atoms with van der Waals surface area (Å²) in [4.78, 5) is 19.4. The summed E-state index contributed by atoms with van der Waals surface area (Å²) in [6.07, 6.45) is -2.06. The van der Waals surface area contributed by atoms with Crippen LogP contribution in [-0.2, 0) is 9.53 Å². The number of aromatic nitrogens is 2. The molecular weight excluding hydrogens is 240 g/mol. The van der Waals surface area contributed by atoms with Gasteiger partial charge >= 0.3 is 0 Å². The van der Waals surface area contributed by atoms with Gasteiger partial charge in [-0.1, -0.05) is 0 Å². The van der Waals surface area contributed by atoms with Crippen LogP contribution >= 0.6 is 0 Å². The minimum absolute atomic E-state index is 0.289. The summed E-state index contributed by atoms with van der Waals surface area (Å²) in [5.41, 5.74) is 6.18. The van der Waals surface area contributed by atoms with Crippen molar-refractivity contribution in [2.75, 3.05) is 17.7 Å². The van der Waals surface area contributed by atoms with Gasteiger partial charge in [0, 0.05) is 5.56 Å². The number of ketones is 1. The molecule has 8 nitrogen and oxygen atoms in total. The molecule has 1 saturated heterocycles. The van der Waals surface area contributed by atoms with Gasteiger partial charge in [0.15, 0.2) is 6.23 Å². The number of nitrogens with two attached hydrogens (primary N) is 1. The number of rotatable bonds is 3. The number of nitrogen functional groups attached to an aromatic ring is 1. The first-order valence-electron chi connectivity index (χ1n) is 5.36. The molecule has 1 unspecified atom stereocenters. The molecule has 98 valence electrons. The van der Waals surface area contributed by atoms with E-state index in [1.165, 1.54) is 6.33 Å². The topological polar surface area (TPSA) is 131 Å². The van der Waals surface area contributed by atoms with Gasteiger partial charge in [-0.3, -0.25) is 4.79 Å². The van der Waals surface area contributed by atoms with Gasteiger partial charge in [-0.25, -0.2) is 9.97 Å². The van der Waals surface area contributed by atoms with Gasteiger partial charge in [-0.15, -0.1) is 0 Å². The third kappa shape index (κ3) is 2.13. The standard InChI is InChI=1S/C10H14N4O4/c1-4-8(11)12-3-13-9(4)14-10-7(17)6(16)5(2-15)18-10/h3,5-6,10,15-16H,2H2,1H3,(H3,11,12,13,14)/t5-,6-,10?/m1/s1. The van der Waals surface area contributed by atoms with Crippen molar-refractivity contribution in [3.8, 4) is 0 Å². The number of Topliss-reactive ketones (excluding diaryl/α,β-unsaturated/α-hetero) is 1. The molecule has 1 aromatic rings. The summed E-state index contributed by atoms with van der Waals surface area (Å²) < 4.78 is 5.17. The summed E-state index contributed by atoms with van der Waals surface area (Å²) in [7, 11) is 0. The fourth-order valence-electron chi connectivity index (χ4n) is 1.64. The predicted molar refractivity (Wildman–Crippen MR) is 61.6 cm³/mol. The van der Waals surface area contributed by atoms with Gasteiger partial charge in [-0.05, 0) is 6.92 Å². The monoisotopic (exact) mass is 254 g/mol. The maximum atomic E-state index is 11.7. The molecule has 2 rings (SSSR count). The van der Waals surface area contributed by atoms with Gasteiger partial charge in [0.05, 0.1) is 6.61 Å². The maximum absolute atomic E-state index is 11.7. The quantitative estimate of drug-likeness (QED) is 0.508. The highest BCUT2D eigenvalue weighted by Crippen LogP contribution is 2.21. The highest BCUT2D eigenvalue weighted by atomic mass is 16.5. The highest BCUT2D eigenvalue weighted by Gasteiger charge is 2.42. The van der Waals surface area contributed by atoms with Crippen molar-refractivity contribution in [1.82, 2.24) is 9.97 Å². The van der Waals surface area contributed by atoms with E-state index in [4.69, 9.17) is 15.6 Å². The molecule has 0 spiro atoms. The first-order valence-corrected chi connectivity index (χ1v) is 5.36. The lowest BCUT2D eigenvalue weighted by atomic mass is 10.1. The Bertz CT molecular complexity index is 467. The van der Waals surface area contributed by atoms with E-state index >= 15 is 0 Å². The smallest absolute Gasteiger partial charge is 0.213 e. The largest absolute Gasteiger partial charge is 0.394 e. The lowest BCUT2D eigenvalue weighted by Gasteiger charge is -2.14. The van der Waals surface area contributed by atoms with E-state index in [2.05, 4.69) is 15.3 Å². The molecule has 18 heavy (non-hydrogen) atoms. The third-order valence-corrected chi connectivity index (χ3v) is 2.78. The second-order valence-electron chi connectivity index (χ2n) is 3.96. The van der Waals surface area contributed by atoms with Crippen molar-refractivity contribution in [2.24, 2.45) is 0 Å². The van der Waals surface area contributed by atoms with Crippen LogP contribution in [0, 0.1) is 6.92 Å². The van der Waals surface area contributed by atoms with Crippen LogP contribution in [0.25, 0.3) is 0 Å². The molecule has 0 saturated carbocycles. The van der Waals surface area contributed by atoms with Crippen molar-refractivity contribution < 1.29 is 19.7 Å². The molecule has 0 aromatic carbocycles. The average molecular weight is 254 g/mol. The van der Waals surface area contributed by atoms with E-state index in [1.54, 1.807) is 6.92 Å². The number of ether oxygens (including phenoxy) is 1. The zero-order valence-electron chi connectivity index (χ0n) is 9.70. The van der Waals surface area contributed by atoms with Gasteiger partial charge in [-0.2, -0.15) is 0 Å². The Labute approximate surface area is 103 Å². The molecule has 1 aliphatic rings. The summed E-state index contributed by atoms with van der Waals surface area (Å²) in [6, 6.07) is 0. The zero-order chi connectivity index (χ0) is 13.3. The number of aliphatic hydroxyl groups is 2. The molecule has 0 radical (unpaired) electrons. The Balaban J connectivity index is 2.15. The van der Waals surface area contributed by atoms with Crippen molar-refractivity contribution in [2.45, 2.75) is 25.4 Å². The summed E-state index contributed by atoms with van der Waals surface area (Å²) in [6.45, 7) is 1.26. The van der Waals surface area contributed by atoms with Crippen molar-refractivity contribution >= 4 is 17.4 Å². The minimum Gasteiger partial charge on any atom is -0.394 e. The molecule has 1 aromatic heterocycles. The van der Waals surface area contributed by atoms with E-state index < -0.39 is 30.8 Å². The Hall–Kier alpha value is -1.77. The maximum Gasteiger partial charge on any atom is 0.213 e. The van der Waals surface area contributed by atoms with Crippen LogP contribution in [0.15, 0.2) is 6.33 Å². The van der Waals surface area contributed by atoms with Crippen LogP contribution in [-0.4, -0.2) is 51.0 Å². The minimum atomic E-state index is -1.34. The lowest BCUT2D eigenvalue weighted by molar-refractivity contribution is -0.126. The number of carbonyl (C=O) groups is 1. The van der Waals surface area contributed by atoms with Gasteiger partial charge in [0.1, 0.15) is 30.2 Å². The summed E-state index contributed by atoms with van der Waals surface area (Å²) in [5.74, 6) is 0.0921. The second kappa shape index (κ2) is 4.84. The van der Waals surface area contributed by atoms with Crippen molar-refractivity contribution in [3.63, 3.8) is 0 Å². The number of aliphatic hydroxyl groups excluding tert-OH is 2. The van der Waals surface area contributed by atoms with Crippen LogP contribution < -0.4 is 11.1 Å². The van der Waals surface area contributed by atoms with Gasteiger partial charge < -0.3 is 26.0 Å². The van der Waals surface area contributed by atoms with Crippen molar-refractivity contribution in [3.05, 3.63) is 11.9 Å². The van der Waals surface area contributed by atoms with E-state index in [0.717, 1.165) is 0 Å².